The first-order chi connectivity index (χ1) is 18.9. The third-order valence-corrected chi connectivity index (χ3v) is 8.09. The van der Waals surface area contributed by atoms with E-state index in [4.69, 9.17) is 9.72 Å². The molecule has 1 saturated carbocycles. The van der Waals surface area contributed by atoms with E-state index in [0.29, 0.717) is 40.2 Å². The number of H-pyrrole nitrogens is 1. The van der Waals surface area contributed by atoms with Crippen molar-refractivity contribution in [3.05, 3.63) is 30.2 Å². The number of anilines is 1. The van der Waals surface area contributed by atoms with Gasteiger partial charge in [0, 0.05) is 36.8 Å². The molecule has 1 aliphatic carbocycles. The van der Waals surface area contributed by atoms with Crippen LogP contribution in [-0.4, -0.2) is 68.0 Å². The number of aromatic nitrogens is 5. The van der Waals surface area contributed by atoms with Gasteiger partial charge < -0.3 is 24.5 Å². The number of methoxy groups -OCH3 is 1. The number of fused-ring (bicyclic) bond motifs is 2. The standard InChI is InChI=1S/C28H33F2N7O2/c1-16-32-21-10-7-18(13-22(21)37(16)15-23(29)30)20-14-31-25-24(20)26(39-2)35-28(34-25)33-19-8-5-17(6-9-19)27(38)36-11-3-4-12-36/h7,10,13-14,17,19,23H,3-6,8-9,11-12,15H2,1-2H3,(H2,31,33,34,35). The topological polar surface area (TPSA) is 101 Å². The van der Waals surface area contributed by atoms with E-state index in [1.54, 1.807) is 18.6 Å². The zero-order valence-electron chi connectivity index (χ0n) is 22.2. The van der Waals surface area contributed by atoms with Crippen LogP contribution in [0.5, 0.6) is 5.88 Å². The second kappa shape index (κ2) is 10.4. The number of benzene rings is 1. The number of hydrogen-bond donors (Lipinski definition) is 2. The number of nitrogens with one attached hydrogen (secondary N) is 2. The van der Waals surface area contributed by atoms with E-state index in [1.165, 1.54) is 0 Å². The monoisotopic (exact) mass is 537 g/mol. The van der Waals surface area contributed by atoms with Crippen LogP contribution < -0.4 is 10.1 Å². The van der Waals surface area contributed by atoms with E-state index in [0.717, 1.165) is 68.1 Å². The van der Waals surface area contributed by atoms with Crippen LogP contribution >= 0.6 is 0 Å². The number of likely N-dealkylation sites (tertiary alicyclic amines) is 1. The Bertz CT molecular complexity index is 1500. The van der Waals surface area contributed by atoms with E-state index < -0.39 is 13.0 Å². The van der Waals surface area contributed by atoms with Crippen molar-refractivity contribution in [1.82, 2.24) is 29.4 Å². The number of carbonyl (C=O) groups is 1. The molecule has 1 aliphatic heterocycles. The number of halogens is 2. The summed E-state index contributed by atoms with van der Waals surface area (Å²) in [6.07, 6.45) is 5.09. The van der Waals surface area contributed by atoms with Crippen molar-refractivity contribution >= 4 is 33.9 Å². The van der Waals surface area contributed by atoms with Gasteiger partial charge >= 0.3 is 0 Å². The highest BCUT2D eigenvalue weighted by atomic mass is 19.3. The average molecular weight is 538 g/mol. The van der Waals surface area contributed by atoms with Crippen molar-refractivity contribution in [3.8, 4) is 17.0 Å². The van der Waals surface area contributed by atoms with Crippen molar-refractivity contribution in [2.75, 3.05) is 25.5 Å². The summed E-state index contributed by atoms with van der Waals surface area (Å²) in [6, 6.07) is 5.81. The largest absolute Gasteiger partial charge is 0.480 e. The molecule has 1 amide bonds. The lowest BCUT2D eigenvalue weighted by Crippen LogP contribution is -2.37. The summed E-state index contributed by atoms with van der Waals surface area (Å²) in [5.74, 6) is 1.88. The number of aromatic amines is 1. The predicted octanol–water partition coefficient (Wildman–Crippen LogP) is 5.15. The van der Waals surface area contributed by atoms with Gasteiger partial charge in [0.05, 0.1) is 30.1 Å². The zero-order valence-corrected chi connectivity index (χ0v) is 22.2. The molecule has 206 valence electrons. The normalized spacial score (nSPS) is 19.9. The fourth-order valence-corrected chi connectivity index (χ4v) is 6.08. The molecule has 4 heterocycles. The number of ether oxygens (including phenoxy) is 1. The highest BCUT2D eigenvalue weighted by Crippen LogP contribution is 2.36. The number of rotatable bonds is 7. The second-order valence-corrected chi connectivity index (χ2v) is 10.6. The summed E-state index contributed by atoms with van der Waals surface area (Å²) in [6.45, 7) is 3.12. The molecule has 0 unspecified atom stereocenters. The first-order valence-electron chi connectivity index (χ1n) is 13.6. The van der Waals surface area contributed by atoms with E-state index >= 15 is 0 Å². The number of amides is 1. The molecule has 0 atom stereocenters. The molecule has 9 nitrogen and oxygen atoms in total. The van der Waals surface area contributed by atoms with Gasteiger partial charge in [-0.2, -0.15) is 9.97 Å². The van der Waals surface area contributed by atoms with E-state index in [9.17, 15) is 13.6 Å². The minimum absolute atomic E-state index is 0.114. The van der Waals surface area contributed by atoms with Crippen molar-refractivity contribution < 1.29 is 18.3 Å². The Morgan fingerprint density at radius 2 is 1.92 bits per heavy atom. The summed E-state index contributed by atoms with van der Waals surface area (Å²) < 4.78 is 33.6. The van der Waals surface area contributed by atoms with Crippen LogP contribution in [0.2, 0.25) is 0 Å². The van der Waals surface area contributed by atoms with Crippen LogP contribution in [0.3, 0.4) is 0 Å². The Hall–Kier alpha value is -3.76. The van der Waals surface area contributed by atoms with Crippen LogP contribution in [0.1, 0.15) is 44.3 Å². The summed E-state index contributed by atoms with van der Waals surface area (Å²) >= 11 is 0. The molecule has 2 fully saturated rings. The molecule has 6 rings (SSSR count). The maximum absolute atomic E-state index is 13.2. The third-order valence-electron chi connectivity index (χ3n) is 8.09. The lowest BCUT2D eigenvalue weighted by Gasteiger charge is -2.30. The molecule has 1 saturated heterocycles. The first-order valence-corrected chi connectivity index (χ1v) is 13.6. The van der Waals surface area contributed by atoms with Crippen molar-refractivity contribution in [2.24, 2.45) is 5.92 Å². The van der Waals surface area contributed by atoms with Gasteiger partial charge in [-0.3, -0.25) is 4.79 Å². The van der Waals surface area contributed by atoms with Crippen molar-refractivity contribution in [1.29, 1.82) is 0 Å². The summed E-state index contributed by atoms with van der Waals surface area (Å²) in [5.41, 5.74) is 3.58. The zero-order chi connectivity index (χ0) is 27.1. The Morgan fingerprint density at radius 1 is 1.15 bits per heavy atom. The van der Waals surface area contributed by atoms with Crippen molar-refractivity contribution in [2.45, 2.75) is 64.5 Å². The smallest absolute Gasteiger partial charge is 0.256 e. The quantitative estimate of drug-likeness (QED) is 0.338. The Balaban J connectivity index is 1.23. The fourth-order valence-electron chi connectivity index (χ4n) is 6.08. The maximum Gasteiger partial charge on any atom is 0.256 e. The van der Waals surface area contributed by atoms with E-state index in [1.807, 2.05) is 29.3 Å². The van der Waals surface area contributed by atoms with Crippen LogP contribution in [0, 0.1) is 12.8 Å². The SMILES string of the molecule is COc1nc(NC2CCC(C(=O)N3CCCC3)CC2)nc2[nH]cc(-c3ccc4nc(C)n(CC(F)F)c4c3)c12. The molecule has 0 bridgehead atoms. The van der Waals surface area contributed by atoms with E-state index in [-0.39, 0.29) is 12.0 Å². The van der Waals surface area contributed by atoms with Gasteiger partial charge in [-0.25, -0.2) is 13.8 Å². The number of hydrogen-bond acceptors (Lipinski definition) is 6. The van der Waals surface area contributed by atoms with Crippen molar-refractivity contribution in [3.63, 3.8) is 0 Å². The summed E-state index contributed by atoms with van der Waals surface area (Å²) in [4.78, 5) is 31.8. The molecule has 2 aliphatic rings. The number of alkyl halides is 2. The molecule has 1 aromatic carbocycles. The Kier molecular flexibility index (Phi) is 6.82. The Labute approximate surface area is 225 Å². The van der Waals surface area contributed by atoms with Gasteiger partial charge in [-0.15, -0.1) is 0 Å². The van der Waals surface area contributed by atoms with Gasteiger partial charge in [0.25, 0.3) is 6.43 Å². The summed E-state index contributed by atoms with van der Waals surface area (Å²) in [7, 11) is 1.57. The minimum atomic E-state index is -2.47. The molecule has 4 aromatic rings. The van der Waals surface area contributed by atoms with Gasteiger partial charge in [0.15, 0.2) is 0 Å². The lowest BCUT2D eigenvalue weighted by atomic mass is 9.85. The highest BCUT2D eigenvalue weighted by molar-refractivity contribution is 5.99. The van der Waals surface area contributed by atoms with Crippen LogP contribution in [-0.2, 0) is 11.3 Å². The molecule has 2 N–H and O–H groups in total. The maximum atomic E-state index is 13.2. The summed E-state index contributed by atoms with van der Waals surface area (Å²) in [5, 5.41) is 4.17. The van der Waals surface area contributed by atoms with Crippen LogP contribution in [0.15, 0.2) is 24.4 Å². The number of nitrogens with zero attached hydrogens (tertiary/aromatic N) is 5. The minimum Gasteiger partial charge on any atom is -0.480 e. The molecular weight excluding hydrogens is 504 g/mol. The number of aryl methyl sites for hydroxylation is 1. The lowest BCUT2D eigenvalue weighted by molar-refractivity contribution is -0.135. The molecule has 39 heavy (non-hydrogen) atoms. The number of carbonyl (C=O) groups excluding carboxylic acids is 1. The highest BCUT2D eigenvalue weighted by Gasteiger charge is 2.31. The van der Waals surface area contributed by atoms with Crippen LogP contribution in [0.4, 0.5) is 14.7 Å². The van der Waals surface area contributed by atoms with E-state index in [2.05, 4.69) is 20.3 Å². The molecule has 0 radical (unpaired) electrons. The predicted molar refractivity (Wildman–Crippen MR) is 145 cm³/mol. The average Bonchev–Trinajstić information content (AvgIpc) is 3.68. The number of imidazole rings is 1. The van der Waals surface area contributed by atoms with Gasteiger partial charge in [0.2, 0.25) is 17.7 Å². The molecule has 3 aromatic heterocycles. The van der Waals surface area contributed by atoms with Crippen LogP contribution in [0.25, 0.3) is 33.2 Å². The third kappa shape index (κ3) is 4.90. The molecular formula is C28H33F2N7O2. The first kappa shape index (κ1) is 25.5. The second-order valence-electron chi connectivity index (χ2n) is 10.6. The molecule has 0 spiro atoms. The van der Waals surface area contributed by atoms with Gasteiger partial charge in [0.1, 0.15) is 11.5 Å². The molecule has 11 heteroatoms. The van der Waals surface area contributed by atoms with Gasteiger partial charge in [-0.1, -0.05) is 6.07 Å². The fraction of sp³-hybridized carbons (Fsp3) is 0.500. The van der Waals surface area contributed by atoms with Gasteiger partial charge in [-0.05, 0) is 63.1 Å². The Morgan fingerprint density at radius 3 is 2.64 bits per heavy atom.